The highest BCUT2D eigenvalue weighted by Gasteiger charge is 2.50. The Balaban J connectivity index is 2.84. The molecule has 1 fully saturated rings. The van der Waals surface area contributed by atoms with Crippen molar-refractivity contribution in [3.63, 3.8) is 0 Å². The van der Waals surface area contributed by atoms with Crippen LogP contribution in [0.25, 0.3) is 0 Å². The van der Waals surface area contributed by atoms with Crippen molar-refractivity contribution in [2.75, 3.05) is 18.5 Å². The summed E-state index contributed by atoms with van der Waals surface area (Å²) in [5, 5.41) is 0.738. The lowest BCUT2D eigenvalue weighted by Gasteiger charge is -2.23. The number of alkyl halides is 1. The zero-order chi connectivity index (χ0) is 17.4. The molecule has 0 amide bonds. The highest BCUT2D eigenvalue weighted by molar-refractivity contribution is 9.09. The number of carbonyl (C=O) groups excluding carboxylic acids is 3. The third-order valence-corrected chi connectivity index (χ3v) is 3.44. The zero-order valence-corrected chi connectivity index (χ0v) is 14.9. The fourth-order valence-electron chi connectivity index (χ4n) is 2.06. The lowest BCUT2D eigenvalue weighted by Crippen LogP contribution is -2.41. The normalized spacial score (nSPS) is 26.6. The summed E-state index contributed by atoms with van der Waals surface area (Å²) in [6, 6.07) is 0. The topological polar surface area (TPSA) is 97.4 Å². The first-order valence-corrected chi connectivity index (χ1v) is 8.28. The van der Waals surface area contributed by atoms with Crippen molar-refractivity contribution in [2.24, 2.45) is 0 Å². The second-order valence-electron chi connectivity index (χ2n) is 4.91. The van der Waals surface area contributed by atoms with Crippen LogP contribution >= 0.6 is 15.9 Å². The molecular weight excluding hydrogens is 376 g/mol. The van der Waals surface area contributed by atoms with E-state index >= 15 is 0 Å². The van der Waals surface area contributed by atoms with Crippen LogP contribution in [0.1, 0.15) is 27.2 Å². The molecule has 4 unspecified atom stereocenters. The molecule has 0 aromatic heterocycles. The molecule has 9 heteroatoms. The van der Waals surface area contributed by atoms with Gasteiger partial charge in [-0.3, -0.25) is 14.4 Å². The molecule has 1 aliphatic rings. The first-order chi connectivity index (χ1) is 10.8. The standard InChI is InChI=1S/C14H21BrO8/c1-8(16)20-7-11-12(21-9(2)17)13(22-10(3)18)14(23-11)19-6-4-5-15/h11-14H,4-7H2,1-3H3. The Bertz CT molecular complexity index is 427. The Kier molecular flexibility index (Phi) is 8.49. The van der Waals surface area contributed by atoms with E-state index in [0.29, 0.717) is 6.61 Å². The van der Waals surface area contributed by atoms with Crippen molar-refractivity contribution in [2.45, 2.75) is 51.8 Å². The third kappa shape index (κ3) is 6.84. The summed E-state index contributed by atoms with van der Waals surface area (Å²) in [5.74, 6) is -1.62. The quantitative estimate of drug-likeness (QED) is 0.258. The highest BCUT2D eigenvalue weighted by atomic mass is 79.9. The largest absolute Gasteiger partial charge is 0.463 e. The molecule has 4 atom stereocenters. The van der Waals surface area contributed by atoms with Gasteiger partial charge in [-0.2, -0.15) is 0 Å². The summed E-state index contributed by atoms with van der Waals surface area (Å²) in [5.41, 5.74) is 0. The summed E-state index contributed by atoms with van der Waals surface area (Å²) in [4.78, 5) is 33.6. The highest BCUT2D eigenvalue weighted by Crippen LogP contribution is 2.28. The van der Waals surface area contributed by atoms with E-state index in [1.54, 1.807) is 0 Å². The maximum absolute atomic E-state index is 11.3. The molecular formula is C14H21BrO8. The zero-order valence-electron chi connectivity index (χ0n) is 13.3. The molecule has 0 saturated carbocycles. The molecule has 0 N–H and O–H groups in total. The van der Waals surface area contributed by atoms with E-state index in [1.165, 1.54) is 20.8 Å². The third-order valence-electron chi connectivity index (χ3n) is 2.88. The minimum absolute atomic E-state index is 0.136. The number of ether oxygens (including phenoxy) is 5. The van der Waals surface area contributed by atoms with Gasteiger partial charge in [-0.1, -0.05) is 15.9 Å². The Morgan fingerprint density at radius 3 is 2.13 bits per heavy atom. The maximum Gasteiger partial charge on any atom is 0.303 e. The number of hydrogen-bond acceptors (Lipinski definition) is 8. The molecule has 0 aliphatic carbocycles. The van der Waals surface area contributed by atoms with Crippen molar-refractivity contribution in [3.05, 3.63) is 0 Å². The van der Waals surface area contributed by atoms with E-state index in [1.807, 2.05) is 0 Å². The van der Waals surface area contributed by atoms with E-state index < -0.39 is 42.5 Å². The molecule has 0 spiro atoms. The molecule has 1 saturated heterocycles. The van der Waals surface area contributed by atoms with Gasteiger partial charge < -0.3 is 23.7 Å². The summed E-state index contributed by atoms with van der Waals surface area (Å²) in [6.45, 7) is 3.94. The van der Waals surface area contributed by atoms with E-state index in [4.69, 9.17) is 23.7 Å². The first-order valence-electron chi connectivity index (χ1n) is 7.16. The van der Waals surface area contributed by atoms with Gasteiger partial charge in [-0.25, -0.2) is 0 Å². The van der Waals surface area contributed by atoms with Gasteiger partial charge in [0, 0.05) is 26.1 Å². The number of carbonyl (C=O) groups is 3. The van der Waals surface area contributed by atoms with Gasteiger partial charge in [0.15, 0.2) is 18.5 Å². The number of hydrogen-bond donors (Lipinski definition) is 0. The molecule has 0 aromatic rings. The SMILES string of the molecule is CC(=O)OCC1OC(OCCCBr)C(OC(C)=O)C1OC(C)=O. The maximum atomic E-state index is 11.3. The molecule has 132 valence electrons. The summed E-state index contributed by atoms with van der Waals surface area (Å²) < 4.78 is 26.4. The van der Waals surface area contributed by atoms with Gasteiger partial charge in [0.25, 0.3) is 0 Å². The van der Waals surface area contributed by atoms with Crippen LogP contribution in [0.2, 0.25) is 0 Å². The average Bonchev–Trinajstić information content (AvgIpc) is 2.74. The molecule has 8 nitrogen and oxygen atoms in total. The number of esters is 3. The van der Waals surface area contributed by atoms with Crippen LogP contribution in [0.4, 0.5) is 0 Å². The number of halogens is 1. The molecule has 0 bridgehead atoms. The van der Waals surface area contributed by atoms with Gasteiger partial charge in [0.1, 0.15) is 12.7 Å². The van der Waals surface area contributed by atoms with Gasteiger partial charge >= 0.3 is 17.9 Å². The average molecular weight is 397 g/mol. The predicted molar refractivity (Wildman–Crippen MR) is 80.8 cm³/mol. The van der Waals surface area contributed by atoms with Crippen molar-refractivity contribution in [1.82, 2.24) is 0 Å². The summed E-state index contributed by atoms with van der Waals surface area (Å²) in [6.07, 6.45) is -2.79. The van der Waals surface area contributed by atoms with E-state index in [9.17, 15) is 14.4 Å². The monoisotopic (exact) mass is 396 g/mol. The lowest BCUT2D eigenvalue weighted by atomic mass is 10.1. The Hall–Kier alpha value is -1.19. The van der Waals surface area contributed by atoms with Crippen LogP contribution in [-0.2, 0) is 38.1 Å². The van der Waals surface area contributed by atoms with Crippen molar-refractivity contribution < 1.29 is 38.1 Å². The molecule has 0 aromatic carbocycles. The van der Waals surface area contributed by atoms with Gasteiger partial charge in [-0.05, 0) is 6.42 Å². The second kappa shape index (κ2) is 9.84. The van der Waals surface area contributed by atoms with Crippen LogP contribution in [0.3, 0.4) is 0 Å². The van der Waals surface area contributed by atoms with Gasteiger partial charge in [0.05, 0.1) is 6.61 Å². The molecule has 1 aliphatic heterocycles. The van der Waals surface area contributed by atoms with Crippen LogP contribution in [0, 0.1) is 0 Å². The molecule has 0 radical (unpaired) electrons. The predicted octanol–water partition coefficient (Wildman–Crippen LogP) is 0.939. The van der Waals surface area contributed by atoms with Crippen molar-refractivity contribution in [3.8, 4) is 0 Å². The molecule has 1 heterocycles. The van der Waals surface area contributed by atoms with Crippen molar-refractivity contribution in [1.29, 1.82) is 0 Å². The van der Waals surface area contributed by atoms with E-state index in [-0.39, 0.29) is 6.61 Å². The Labute approximate surface area is 142 Å². The van der Waals surface area contributed by atoms with Crippen molar-refractivity contribution >= 4 is 33.8 Å². The van der Waals surface area contributed by atoms with Gasteiger partial charge in [-0.15, -0.1) is 0 Å². The fraction of sp³-hybridized carbons (Fsp3) is 0.786. The number of rotatable bonds is 8. The first kappa shape index (κ1) is 19.9. The van der Waals surface area contributed by atoms with Crippen LogP contribution in [-0.4, -0.2) is 61.1 Å². The van der Waals surface area contributed by atoms with Crippen LogP contribution < -0.4 is 0 Å². The Morgan fingerprint density at radius 2 is 1.61 bits per heavy atom. The molecule has 1 rings (SSSR count). The minimum atomic E-state index is -0.924. The van der Waals surface area contributed by atoms with Crippen LogP contribution in [0.15, 0.2) is 0 Å². The fourth-order valence-corrected chi connectivity index (χ4v) is 2.29. The Morgan fingerprint density at radius 1 is 1.00 bits per heavy atom. The van der Waals surface area contributed by atoms with E-state index in [0.717, 1.165) is 11.8 Å². The van der Waals surface area contributed by atoms with Gasteiger partial charge in [0.2, 0.25) is 0 Å². The summed E-state index contributed by atoms with van der Waals surface area (Å²) >= 11 is 3.28. The van der Waals surface area contributed by atoms with Crippen LogP contribution in [0.5, 0.6) is 0 Å². The van der Waals surface area contributed by atoms with E-state index in [2.05, 4.69) is 15.9 Å². The lowest BCUT2D eigenvalue weighted by molar-refractivity contribution is -0.190. The smallest absolute Gasteiger partial charge is 0.303 e. The minimum Gasteiger partial charge on any atom is -0.463 e. The molecule has 23 heavy (non-hydrogen) atoms. The summed E-state index contributed by atoms with van der Waals surface area (Å²) in [7, 11) is 0. The second-order valence-corrected chi connectivity index (χ2v) is 5.70.